The second-order valence-electron chi connectivity index (χ2n) is 5.40. The SMILES string of the molecule is CC(O/N=[N+](\[O-])N(C)CCCCO)OC(=O)OC(C)(C)C. The Morgan fingerprint density at radius 2 is 2.05 bits per heavy atom. The Hall–Kier alpha value is -1.77. The minimum atomic E-state index is -1.05. The van der Waals surface area contributed by atoms with Gasteiger partial charge in [0.05, 0.1) is 18.6 Å². The maximum Gasteiger partial charge on any atom is 0.511 e. The molecule has 1 N–H and O–H groups in total. The van der Waals surface area contributed by atoms with Crippen LogP contribution in [0.2, 0.25) is 0 Å². The number of aliphatic hydroxyl groups is 1. The van der Waals surface area contributed by atoms with E-state index >= 15 is 0 Å². The predicted octanol–water partition coefficient (Wildman–Crippen LogP) is 1.80. The number of hydrogen-bond acceptors (Lipinski definition) is 7. The van der Waals surface area contributed by atoms with Gasteiger partial charge in [-0.1, -0.05) is 0 Å². The molecule has 9 nitrogen and oxygen atoms in total. The topological polar surface area (TPSA) is 107 Å². The molecular formula is C12H25N3O6. The van der Waals surface area contributed by atoms with Gasteiger partial charge in [0.1, 0.15) is 5.60 Å². The van der Waals surface area contributed by atoms with Gasteiger partial charge in [-0.05, 0) is 33.6 Å². The second-order valence-corrected chi connectivity index (χ2v) is 5.40. The maximum absolute atomic E-state index is 11.5. The summed E-state index contributed by atoms with van der Waals surface area (Å²) < 4.78 is 9.68. The zero-order chi connectivity index (χ0) is 16.5. The number of ether oxygens (including phenoxy) is 2. The number of nitrogens with zero attached hydrogens (tertiary/aromatic N) is 3. The molecule has 0 aliphatic carbocycles. The van der Waals surface area contributed by atoms with Crippen LogP contribution in [0.4, 0.5) is 4.79 Å². The van der Waals surface area contributed by atoms with Crippen LogP contribution in [-0.2, 0) is 14.3 Å². The highest BCUT2D eigenvalue weighted by atomic mass is 16.8. The summed E-state index contributed by atoms with van der Waals surface area (Å²) in [6, 6.07) is 0. The molecule has 0 saturated carbocycles. The lowest BCUT2D eigenvalue weighted by Gasteiger charge is -2.20. The van der Waals surface area contributed by atoms with Crippen LogP contribution < -0.4 is 0 Å². The van der Waals surface area contributed by atoms with Crippen LogP contribution in [0.25, 0.3) is 0 Å². The van der Waals surface area contributed by atoms with Crippen LogP contribution in [0.5, 0.6) is 0 Å². The van der Waals surface area contributed by atoms with Gasteiger partial charge in [0.15, 0.2) is 0 Å². The number of aliphatic hydroxyl groups excluding tert-OH is 1. The smallest absolute Gasteiger partial charge is 0.511 e. The first-order valence-electron chi connectivity index (χ1n) is 6.71. The van der Waals surface area contributed by atoms with Crippen molar-refractivity contribution in [3.63, 3.8) is 0 Å². The van der Waals surface area contributed by atoms with Crippen molar-refractivity contribution >= 4 is 6.16 Å². The Labute approximate surface area is 124 Å². The van der Waals surface area contributed by atoms with Crippen LogP contribution in [-0.4, -0.2) is 53.3 Å². The molecule has 1 atom stereocenters. The van der Waals surface area contributed by atoms with Gasteiger partial charge in [-0.2, -0.15) is 0 Å². The summed E-state index contributed by atoms with van der Waals surface area (Å²) in [6.45, 7) is 6.99. The largest absolute Gasteiger partial charge is 0.569 e. The fourth-order valence-electron chi connectivity index (χ4n) is 1.14. The zero-order valence-electron chi connectivity index (χ0n) is 13.2. The fourth-order valence-corrected chi connectivity index (χ4v) is 1.14. The second kappa shape index (κ2) is 9.22. The Morgan fingerprint density at radius 3 is 2.57 bits per heavy atom. The minimum absolute atomic E-state index is 0.0705. The van der Waals surface area contributed by atoms with Crippen LogP contribution >= 0.6 is 0 Å². The molecule has 21 heavy (non-hydrogen) atoms. The lowest BCUT2D eigenvalue weighted by Crippen LogP contribution is -2.29. The van der Waals surface area contributed by atoms with E-state index < -0.39 is 18.0 Å². The van der Waals surface area contributed by atoms with Crippen molar-refractivity contribution in [2.75, 3.05) is 20.2 Å². The summed E-state index contributed by atoms with van der Waals surface area (Å²) in [5.74, 6) is 0. The van der Waals surface area contributed by atoms with Crippen molar-refractivity contribution in [2.24, 2.45) is 5.28 Å². The van der Waals surface area contributed by atoms with E-state index in [9.17, 15) is 10.0 Å². The molecule has 0 saturated heterocycles. The average Bonchev–Trinajstić information content (AvgIpc) is 2.33. The third-order valence-corrected chi connectivity index (χ3v) is 2.10. The molecule has 0 fully saturated rings. The molecule has 124 valence electrons. The molecule has 0 radical (unpaired) electrons. The quantitative estimate of drug-likeness (QED) is 0.182. The summed E-state index contributed by atoms with van der Waals surface area (Å²) in [6.07, 6.45) is -0.719. The minimum Gasteiger partial charge on any atom is -0.569 e. The maximum atomic E-state index is 11.5. The third-order valence-electron chi connectivity index (χ3n) is 2.10. The van der Waals surface area contributed by atoms with Crippen LogP contribution in [0.1, 0.15) is 40.5 Å². The molecule has 0 aliphatic heterocycles. The lowest BCUT2D eigenvalue weighted by molar-refractivity contribution is -0.707. The van der Waals surface area contributed by atoms with E-state index in [1.165, 1.54) is 19.0 Å². The van der Waals surface area contributed by atoms with Gasteiger partial charge in [0.25, 0.3) is 6.29 Å². The molecule has 0 spiro atoms. The monoisotopic (exact) mass is 307 g/mol. The predicted molar refractivity (Wildman–Crippen MR) is 72.9 cm³/mol. The van der Waals surface area contributed by atoms with E-state index in [1.807, 2.05) is 0 Å². The molecule has 9 heteroatoms. The third kappa shape index (κ3) is 10.7. The highest BCUT2D eigenvalue weighted by Crippen LogP contribution is 2.09. The first-order chi connectivity index (χ1) is 9.65. The highest BCUT2D eigenvalue weighted by molar-refractivity contribution is 5.60. The van der Waals surface area contributed by atoms with Gasteiger partial charge in [-0.25, -0.2) is 4.79 Å². The van der Waals surface area contributed by atoms with E-state index in [1.54, 1.807) is 20.8 Å². The molecule has 0 aliphatic rings. The van der Waals surface area contributed by atoms with Crippen molar-refractivity contribution in [1.29, 1.82) is 0 Å². The van der Waals surface area contributed by atoms with Gasteiger partial charge in [-0.3, -0.25) is 4.84 Å². The molecule has 0 bridgehead atoms. The van der Waals surface area contributed by atoms with Crippen LogP contribution in [0, 0.1) is 5.21 Å². The van der Waals surface area contributed by atoms with Crippen molar-refractivity contribution in [1.82, 2.24) is 5.01 Å². The summed E-state index contributed by atoms with van der Waals surface area (Å²) in [5, 5.41) is 24.6. The molecule has 1 unspecified atom stereocenters. The molecule has 0 heterocycles. The Balaban J connectivity index is 4.11. The van der Waals surface area contributed by atoms with Crippen molar-refractivity contribution in [3.05, 3.63) is 5.21 Å². The van der Waals surface area contributed by atoms with E-state index in [0.717, 1.165) is 0 Å². The zero-order valence-corrected chi connectivity index (χ0v) is 13.2. The first kappa shape index (κ1) is 19.2. The molecule has 0 amide bonds. The highest BCUT2D eigenvalue weighted by Gasteiger charge is 2.20. The molecular weight excluding hydrogens is 282 g/mol. The number of carbonyl (C=O) groups excluding carboxylic acids is 1. The Morgan fingerprint density at radius 1 is 1.43 bits per heavy atom. The van der Waals surface area contributed by atoms with Gasteiger partial charge >= 0.3 is 6.16 Å². The van der Waals surface area contributed by atoms with E-state index in [0.29, 0.717) is 19.4 Å². The van der Waals surface area contributed by atoms with E-state index in [-0.39, 0.29) is 11.6 Å². The van der Waals surface area contributed by atoms with Gasteiger partial charge in [0, 0.05) is 13.5 Å². The van der Waals surface area contributed by atoms with E-state index in [2.05, 4.69) is 5.28 Å². The molecule has 0 aromatic carbocycles. The number of hydrazine groups is 1. The summed E-state index contributed by atoms with van der Waals surface area (Å²) in [5.41, 5.74) is -0.675. The molecule has 0 aromatic rings. The number of unbranched alkanes of at least 4 members (excludes halogenated alkanes) is 1. The van der Waals surface area contributed by atoms with Gasteiger partial charge in [-0.15, -0.1) is 5.01 Å². The molecule has 0 aromatic heterocycles. The van der Waals surface area contributed by atoms with Crippen molar-refractivity contribution < 1.29 is 29.2 Å². The normalized spacial score (nSPS) is 13.5. The van der Waals surface area contributed by atoms with Crippen molar-refractivity contribution in [2.45, 2.75) is 52.4 Å². The Kier molecular flexibility index (Phi) is 8.44. The molecule has 0 rings (SSSR count). The van der Waals surface area contributed by atoms with Crippen molar-refractivity contribution in [3.8, 4) is 0 Å². The summed E-state index contributed by atoms with van der Waals surface area (Å²) >= 11 is 0. The van der Waals surface area contributed by atoms with E-state index in [4.69, 9.17) is 19.4 Å². The summed E-state index contributed by atoms with van der Waals surface area (Å²) in [7, 11) is 1.52. The Bertz CT molecular complexity index is 342. The average molecular weight is 307 g/mol. The fraction of sp³-hybridized carbons (Fsp3) is 0.917. The lowest BCUT2D eigenvalue weighted by atomic mass is 10.2. The van der Waals surface area contributed by atoms with Gasteiger partial charge in [0.2, 0.25) is 5.28 Å². The standard InChI is InChI=1S/C12H25N3O6/c1-10(19-11(17)20-12(2,3)4)21-13-15(18)14(5)8-6-7-9-16/h10,16H,6-9H2,1-5H3/b15-13-. The van der Waals surface area contributed by atoms with Crippen LogP contribution in [0.15, 0.2) is 5.28 Å². The number of carbonyl (C=O) groups is 1. The first-order valence-corrected chi connectivity index (χ1v) is 6.71. The van der Waals surface area contributed by atoms with Crippen LogP contribution in [0.3, 0.4) is 0 Å². The summed E-state index contributed by atoms with van der Waals surface area (Å²) in [4.78, 5) is 16.3. The number of hydrogen-bond donors (Lipinski definition) is 1. The van der Waals surface area contributed by atoms with Gasteiger partial charge < -0.3 is 19.8 Å². The number of rotatable bonds is 8.